The Kier molecular flexibility index (Phi) is 5.03. The van der Waals surface area contributed by atoms with Crippen molar-refractivity contribution in [2.24, 2.45) is 5.92 Å². The van der Waals surface area contributed by atoms with Crippen molar-refractivity contribution in [3.8, 4) is 0 Å². The van der Waals surface area contributed by atoms with E-state index in [4.69, 9.17) is 0 Å². The Morgan fingerprint density at radius 3 is 2.41 bits per heavy atom. The molecule has 1 atom stereocenters. The number of sulfonamides is 1. The summed E-state index contributed by atoms with van der Waals surface area (Å²) in [5, 5.41) is 0. The molecule has 0 spiro atoms. The fraction of sp³-hybridized carbons (Fsp3) is 0.500. The molecule has 0 amide bonds. The summed E-state index contributed by atoms with van der Waals surface area (Å²) in [6.07, 6.45) is 1.10. The maximum atomic E-state index is 12.1. The molecule has 1 aliphatic heterocycles. The van der Waals surface area contributed by atoms with Gasteiger partial charge in [-0.2, -0.15) is 0 Å². The minimum atomic E-state index is -3.63. The molecular weight excluding hydrogens is 326 g/mol. The van der Waals surface area contributed by atoms with Crippen LogP contribution in [0.1, 0.15) is 30.1 Å². The third-order valence-corrected chi connectivity index (χ3v) is 7.06. The molecule has 122 valence electrons. The maximum absolute atomic E-state index is 12.1. The highest BCUT2D eigenvalue weighted by atomic mass is 32.2. The van der Waals surface area contributed by atoms with Gasteiger partial charge in [-0.05, 0) is 37.8 Å². The van der Waals surface area contributed by atoms with Crippen LogP contribution in [0.15, 0.2) is 29.2 Å². The zero-order chi connectivity index (χ0) is 16.4. The summed E-state index contributed by atoms with van der Waals surface area (Å²) in [4.78, 5) is 11.3. The molecule has 0 saturated carbocycles. The summed E-state index contributed by atoms with van der Waals surface area (Å²) in [7, 11) is -6.57. The standard InChI is InChI=1S/C14H19NO5S2/c1-11(16)13-2-4-14(5-3-13)22(19,20)15-8-6-12-7-9-21(17,18)10-12/h2-5,12,15H,6-10H2,1H3. The lowest BCUT2D eigenvalue weighted by Crippen LogP contribution is -2.26. The number of rotatable bonds is 6. The Balaban J connectivity index is 1.92. The second kappa shape index (κ2) is 6.47. The van der Waals surface area contributed by atoms with E-state index >= 15 is 0 Å². The first-order valence-corrected chi connectivity index (χ1v) is 10.3. The number of carbonyl (C=O) groups is 1. The molecule has 0 aromatic heterocycles. The molecule has 1 unspecified atom stereocenters. The lowest BCUT2D eigenvalue weighted by molar-refractivity contribution is 0.101. The van der Waals surface area contributed by atoms with Crippen molar-refractivity contribution in [3.05, 3.63) is 29.8 Å². The van der Waals surface area contributed by atoms with Crippen LogP contribution >= 0.6 is 0 Å². The molecule has 1 fully saturated rings. The average molecular weight is 345 g/mol. The van der Waals surface area contributed by atoms with Gasteiger partial charge in [0.05, 0.1) is 16.4 Å². The highest BCUT2D eigenvalue weighted by Crippen LogP contribution is 2.21. The lowest BCUT2D eigenvalue weighted by atomic mass is 10.1. The van der Waals surface area contributed by atoms with Gasteiger partial charge >= 0.3 is 0 Å². The topological polar surface area (TPSA) is 97.4 Å². The highest BCUT2D eigenvalue weighted by Gasteiger charge is 2.27. The summed E-state index contributed by atoms with van der Waals surface area (Å²) in [5.74, 6) is 0.228. The quantitative estimate of drug-likeness (QED) is 0.776. The molecule has 6 nitrogen and oxygen atoms in total. The van der Waals surface area contributed by atoms with Gasteiger partial charge in [0.25, 0.3) is 0 Å². The molecule has 0 aliphatic carbocycles. The maximum Gasteiger partial charge on any atom is 0.240 e. The molecule has 0 radical (unpaired) electrons. The zero-order valence-electron chi connectivity index (χ0n) is 12.3. The molecular formula is C14H19NO5S2. The summed E-state index contributed by atoms with van der Waals surface area (Å²) < 4.78 is 49.4. The van der Waals surface area contributed by atoms with Crippen LogP contribution in [-0.4, -0.2) is 40.7 Å². The molecule has 1 heterocycles. The van der Waals surface area contributed by atoms with Crippen LogP contribution in [0.3, 0.4) is 0 Å². The fourth-order valence-corrected chi connectivity index (χ4v) is 5.41. The van der Waals surface area contributed by atoms with Crippen LogP contribution in [0, 0.1) is 5.92 Å². The number of hydrogen-bond donors (Lipinski definition) is 1. The summed E-state index contributed by atoms with van der Waals surface area (Å²) >= 11 is 0. The van der Waals surface area contributed by atoms with Crippen LogP contribution in [0.5, 0.6) is 0 Å². The van der Waals surface area contributed by atoms with Gasteiger partial charge in [-0.15, -0.1) is 0 Å². The number of benzene rings is 1. The van der Waals surface area contributed by atoms with Crippen molar-refractivity contribution in [1.82, 2.24) is 4.72 Å². The van der Waals surface area contributed by atoms with Crippen LogP contribution in [-0.2, 0) is 19.9 Å². The second-order valence-corrected chi connectivity index (χ2v) is 9.53. The number of hydrogen-bond acceptors (Lipinski definition) is 5. The molecule has 22 heavy (non-hydrogen) atoms. The largest absolute Gasteiger partial charge is 0.295 e. The van der Waals surface area contributed by atoms with Crippen LogP contribution < -0.4 is 4.72 Å². The third kappa shape index (κ3) is 4.37. The van der Waals surface area contributed by atoms with E-state index in [9.17, 15) is 21.6 Å². The Labute approximate surface area is 130 Å². The zero-order valence-corrected chi connectivity index (χ0v) is 13.9. The van der Waals surface area contributed by atoms with E-state index in [2.05, 4.69) is 4.72 Å². The molecule has 1 N–H and O–H groups in total. The molecule has 1 aliphatic rings. The summed E-state index contributed by atoms with van der Waals surface area (Å²) in [6.45, 7) is 1.62. The molecule has 0 bridgehead atoms. The molecule has 2 rings (SSSR count). The van der Waals surface area contributed by atoms with Crippen molar-refractivity contribution in [3.63, 3.8) is 0 Å². The van der Waals surface area contributed by atoms with E-state index < -0.39 is 19.9 Å². The number of sulfone groups is 1. The predicted molar refractivity (Wildman–Crippen MR) is 83.0 cm³/mol. The summed E-state index contributed by atoms with van der Waals surface area (Å²) in [6, 6.07) is 5.72. The van der Waals surface area contributed by atoms with Gasteiger partial charge in [-0.3, -0.25) is 4.79 Å². The smallest absolute Gasteiger partial charge is 0.240 e. The van der Waals surface area contributed by atoms with E-state index in [1.165, 1.54) is 31.2 Å². The second-order valence-electron chi connectivity index (χ2n) is 5.54. The Hall–Kier alpha value is -1.25. The minimum Gasteiger partial charge on any atom is -0.295 e. The number of Topliss-reactive ketones (excluding diaryl/α,β-unsaturated/α-hetero) is 1. The fourth-order valence-electron chi connectivity index (χ4n) is 2.45. The molecule has 1 saturated heterocycles. The minimum absolute atomic E-state index is 0.0211. The first-order valence-electron chi connectivity index (χ1n) is 7.01. The van der Waals surface area contributed by atoms with E-state index in [-0.39, 0.29) is 34.6 Å². The molecule has 8 heteroatoms. The van der Waals surface area contributed by atoms with Gasteiger partial charge in [0.2, 0.25) is 10.0 Å². The number of carbonyl (C=O) groups excluding carboxylic acids is 1. The molecule has 1 aromatic carbocycles. The van der Waals surface area contributed by atoms with E-state index in [1.807, 2.05) is 0 Å². The Bertz CT molecular complexity index is 751. The normalized spacial score (nSPS) is 20.9. The van der Waals surface area contributed by atoms with Gasteiger partial charge in [-0.1, -0.05) is 12.1 Å². The third-order valence-electron chi connectivity index (χ3n) is 3.74. The van der Waals surface area contributed by atoms with Crippen LogP contribution in [0.25, 0.3) is 0 Å². The van der Waals surface area contributed by atoms with E-state index in [0.29, 0.717) is 18.4 Å². The highest BCUT2D eigenvalue weighted by molar-refractivity contribution is 7.91. The average Bonchev–Trinajstić information content (AvgIpc) is 2.78. The predicted octanol–water partition coefficient (Wildman–Crippen LogP) is 0.992. The number of nitrogens with one attached hydrogen (secondary N) is 1. The van der Waals surface area contributed by atoms with Gasteiger partial charge in [0, 0.05) is 12.1 Å². The van der Waals surface area contributed by atoms with Crippen molar-refractivity contribution >= 4 is 25.6 Å². The van der Waals surface area contributed by atoms with Gasteiger partial charge in [0.1, 0.15) is 0 Å². The Morgan fingerprint density at radius 2 is 1.91 bits per heavy atom. The number of ketones is 1. The monoisotopic (exact) mass is 345 g/mol. The van der Waals surface area contributed by atoms with Crippen LogP contribution in [0.2, 0.25) is 0 Å². The van der Waals surface area contributed by atoms with Crippen molar-refractivity contribution < 1.29 is 21.6 Å². The Morgan fingerprint density at radius 1 is 1.27 bits per heavy atom. The lowest BCUT2D eigenvalue weighted by Gasteiger charge is -2.10. The van der Waals surface area contributed by atoms with E-state index in [1.54, 1.807) is 0 Å². The van der Waals surface area contributed by atoms with E-state index in [0.717, 1.165) is 0 Å². The summed E-state index contributed by atoms with van der Waals surface area (Å²) in [5.41, 5.74) is 0.454. The van der Waals surface area contributed by atoms with Crippen molar-refractivity contribution in [2.45, 2.75) is 24.7 Å². The van der Waals surface area contributed by atoms with Crippen molar-refractivity contribution in [2.75, 3.05) is 18.1 Å². The van der Waals surface area contributed by atoms with Gasteiger partial charge in [0.15, 0.2) is 15.6 Å². The SMILES string of the molecule is CC(=O)c1ccc(S(=O)(=O)NCCC2CCS(=O)(=O)C2)cc1. The molecule has 1 aromatic rings. The first kappa shape index (κ1) is 17.1. The first-order chi connectivity index (χ1) is 10.2. The van der Waals surface area contributed by atoms with Gasteiger partial charge in [-0.25, -0.2) is 21.6 Å². The van der Waals surface area contributed by atoms with Crippen LogP contribution in [0.4, 0.5) is 0 Å². The van der Waals surface area contributed by atoms with Gasteiger partial charge < -0.3 is 0 Å². The van der Waals surface area contributed by atoms with Crippen molar-refractivity contribution in [1.29, 1.82) is 0 Å².